The van der Waals surface area contributed by atoms with E-state index in [4.69, 9.17) is 4.74 Å². The van der Waals surface area contributed by atoms with Crippen molar-refractivity contribution in [1.29, 1.82) is 0 Å². The molecule has 5 heteroatoms. The molecule has 2 unspecified atom stereocenters. The second kappa shape index (κ2) is 6.52. The molecule has 20 heavy (non-hydrogen) atoms. The molecule has 0 aromatic heterocycles. The van der Waals surface area contributed by atoms with E-state index in [2.05, 4.69) is 0 Å². The summed E-state index contributed by atoms with van der Waals surface area (Å²) in [6, 6.07) is 9.44. The zero-order valence-electron chi connectivity index (χ0n) is 11.5. The SMILES string of the molecule is CC1C(=O)N(CCC(=O)OCc2ccccc2)CC1O. The first-order valence-electron chi connectivity index (χ1n) is 6.74. The average Bonchev–Trinajstić information content (AvgIpc) is 2.71. The van der Waals surface area contributed by atoms with Gasteiger partial charge in [0.05, 0.1) is 18.4 Å². The monoisotopic (exact) mass is 277 g/mol. The maximum atomic E-state index is 11.7. The molecule has 1 aromatic rings. The molecule has 1 fully saturated rings. The molecule has 0 aliphatic carbocycles. The van der Waals surface area contributed by atoms with Crippen molar-refractivity contribution in [1.82, 2.24) is 4.90 Å². The van der Waals surface area contributed by atoms with Crippen LogP contribution in [0.15, 0.2) is 30.3 Å². The topological polar surface area (TPSA) is 66.8 Å². The van der Waals surface area contributed by atoms with Crippen molar-refractivity contribution >= 4 is 11.9 Å². The summed E-state index contributed by atoms with van der Waals surface area (Å²) in [5.74, 6) is -0.820. The van der Waals surface area contributed by atoms with Gasteiger partial charge in [-0.3, -0.25) is 9.59 Å². The number of amides is 1. The Morgan fingerprint density at radius 1 is 1.40 bits per heavy atom. The number of benzene rings is 1. The smallest absolute Gasteiger partial charge is 0.307 e. The normalized spacial score (nSPS) is 22.1. The number of hydrogen-bond acceptors (Lipinski definition) is 4. The number of β-amino-alcohol motifs (C(OH)–C–C–N with tert-alkyl or cyclic N) is 1. The Labute approximate surface area is 118 Å². The van der Waals surface area contributed by atoms with Gasteiger partial charge in [-0.25, -0.2) is 0 Å². The van der Waals surface area contributed by atoms with Gasteiger partial charge < -0.3 is 14.7 Å². The first kappa shape index (κ1) is 14.5. The van der Waals surface area contributed by atoms with Crippen molar-refractivity contribution in [3.63, 3.8) is 0 Å². The summed E-state index contributed by atoms with van der Waals surface area (Å²) in [4.78, 5) is 24.9. The van der Waals surface area contributed by atoms with E-state index >= 15 is 0 Å². The Balaban J connectivity index is 1.72. The summed E-state index contributed by atoms with van der Waals surface area (Å²) in [7, 11) is 0. The number of rotatable bonds is 5. The number of hydrogen-bond donors (Lipinski definition) is 1. The number of nitrogens with zero attached hydrogens (tertiary/aromatic N) is 1. The predicted octanol–water partition coefficient (Wildman–Crippen LogP) is 0.959. The molecule has 0 bridgehead atoms. The number of carbonyl (C=O) groups is 2. The molecule has 1 amide bonds. The van der Waals surface area contributed by atoms with Crippen LogP contribution in [0.25, 0.3) is 0 Å². The zero-order valence-corrected chi connectivity index (χ0v) is 11.5. The zero-order chi connectivity index (χ0) is 14.5. The van der Waals surface area contributed by atoms with Crippen molar-refractivity contribution in [3.05, 3.63) is 35.9 Å². The lowest BCUT2D eigenvalue weighted by Crippen LogP contribution is -2.29. The fraction of sp³-hybridized carbons (Fsp3) is 0.467. The van der Waals surface area contributed by atoms with Crippen molar-refractivity contribution in [3.8, 4) is 0 Å². The maximum absolute atomic E-state index is 11.7. The van der Waals surface area contributed by atoms with Crippen molar-refractivity contribution in [2.24, 2.45) is 5.92 Å². The molecule has 0 saturated carbocycles. The van der Waals surface area contributed by atoms with E-state index in [1.165, 1.54) is 4.90 Å². The molecule has 0 radical (unpaired) electrons. The Bertz CT molecular complexity index is 474. The van der Waals surface area contributed by atoms with Gasteiger partial charge in [-0.2, -0.15) is 0 Å². The van der Waals surface area contributed by atoms with Crippen molar-refractivity contribution < 1.29 is 19.4 Å². The lowest BCUT2D eigenvalue weighted by molar-refractivity contribution is -0.145. The number of esters is 1. The molecular formula is C15H19NO4. The highest BCUT2D eigenvalue weighted by atomic mass is 16.5. The molecule has 1 heterocycles. The van der Waals surface area contributed by atoms with Gasteiger partial charge >= 0.3 is 5.97 Å². The highest BCUT2D eigenvalue weighted by Crippen LogP contribution is 2.18. The van der Waals surface area contributed by atoms with Crippen LogP contribution in [0.4, 0.5) is 0 Å². The standard InChI is InChI=1S/C15H19NO4/c1-11-13(17)9-16(15(11)19)8-7-14(18)20-10-12-5-3-2-4-6-12/h2-6,11,13,17H,7-10H2,1H3. The Kier molecular flexibility index (Phi) is 4.74. The summed E-state index contributed by atoms with van der Waals surface area (Å²) in [5, 5.41) is 9.58. The highest BCUT2D eigenvalue weighted by molar-refractivity contribution is 5.82. The van der Waals surface area contributed by atoms with Gasteiger partial charge in [0.25, 0.3) is 0 Å². The van der Waals surface area contributed by atoms with E-state index in [9.17, 15) is 14.7 Å². The van der Waals surface area contributed by atoms with Crippen LogP contribution in [0.1, 0.15) is 18.9 Å². The van der Waals surface area contributed by atoms with Gasteiger partial charge in [0, 0.05) is 13.1 Å². The average molecular weight is 277 g/mol. The largest absolute Gasteiger partial charge is 0.461 e. The minimum absolute atomic E-state index is 0.103. The van der Waals surface area contributed by atoms with Crippen LogP contribution in [-0.2, 0) is 20.9 Å². The third-order valence-corrected chi connectivity index (χ3v) is 3.51. The number of aliphatic hydroxyl groups excluding tert-OH is 1. The fourth-order valence-electron chi connectivity index (χ4n) is 2.16. The van der Waals surface area contributed by atoms with E-state index in [0.717, 1.165) is 5.56 Å². The third-order valence-electron chi connectivity index (χ3n) is 3.51. The van der Waals surface area contributed by atoms with Crippen LogP contribution in [0, 0.1) is 5.92 Å². The number of carbonyl (C=O) groups excluding carboxylic acids is 2. The summed E-state index contributed by atoms with van der Waals surface area (Å²) in [6.45, 7) is 2.53. The second-order valence-corrected chi connectivity index (χ2v) is 5.04. The van der Waals surface area contributed by atoms with Crippen LogP contribution in [-0.4, -0.2) is 41.1 Å². The molecule has 108 valence electrons. The predicted molar refractivity (Wildman–Crippen MR) is 72.6 cm³/mol. The lowest BCUT2D eigenvalue weighted by Gasteiger charge is -2.15. The molecule has 5 nitrogen and oxygen atoms in total. The Morgan fingerprint density at radius 3 is 2.70 bits per heavy atom. The van der Waals surface area contributed by atoms with Gasteiger partial charge in [0.2, 0.25) is 5.91 Å². The maximum Gasteiger partial charge on any atom is 0.307 e. The van der Waals surface area contributed by atoms with Gasteiger partial charge in [0.1, 0.15) is 6.61 Å². The van der Waals surface area contributed by atoms with Crippen LogP contribution in [0.5, 0.6) is 0 Å². The van der Waals surface area contributed by atoms with E-state index in [-0.39, 0.29) is 30.8 Å². The van der Waals surface area contributed by atoms with E-state index < -0.39 is 6.10 Å². The van der Waals surface area contributed by atoms with Crippen LogP contribution >= 0.6 is 0 Å². The van der Waals surface area contributed by atoms with Crippen LogP contribution < -0.4 is 0 Å². The van der Waals surface area contributed by atoms with Gasteiger partial charge in [-0.1, -0.05) is 37.3 Å². The molecule has 1 N–H and O–H groups in total. The fourth-order valence-corrected chi connectivity index (χ4v) is 2.16. The van der Waals surface area contributed by atoms with E-state index in [0.29, 0.717) is 13.1 Å². The van der Waals surface area contributed by atoms with Crippen LogP contribution in [0.3, 0.4) is 0 Å². The van der Waals surface area contributed by atoms with E-state index in [1.54, 1.807) is 6.92 Å². The number of ether oxygens (including phenoxy) is 1. The lowest BCUT2D eigenvalue weighted by atomic mass is 10.1. The minimum atomic E-state index is -0.636. The second-order valence-electron chi connectivity index (χ2n) is 5.04. The molecule has 0 spiro atoms. The molecule has 2 rings (SSSR count). The van der Waals surface area contributed by atoms with E-state index in [1.807, 2.05) is 30.3 Å². The third kappa shape index (κ3) is 3.57. The summed E-state index contributed by atoms with van der Waals surface area (Å²) in [5.41, 5.74) is 0.933. The molecule has 1 aromatic carbocycles. The summed E-state index contributed by atoms with van der Waals surface area (Å²) < 4.78 is 5.14. The van der Waals surface area contributed by atoms with Crippen molar-refractivity contribution in [2.45, 2.75) is 26.1 Å². The first-order valence-corrected chi connectivity index (χ1v) is 6.74. The Morgan fingerprint density at radius 2 is 2.10 bits per heavy atom. The number of aliphatic hydroxyl groups is 1. The van der Waals surface area contributed by atoms with Gasteiger partial charge in [-0.15, -0.1) is 0 Å². The quantitative estimate of drug-likeness (QED) is 0.814. The summed E-state index contributed by atoms with van der Waals surface area (Å²) in [6.07, 6.45) is -0.485. The molecule has 2 atom stereocenters. The Hall–Kier alpha value is -1.88. The molecule has 1 aliphatic heterocycles. The molecule has 1 aliphatic rings. The highest BCUT2D eigenvalue weighted by Gasteiger charge is 2.35. The first-order chi connectivity index (χ1) is 9.58. The molecule has 1 saturated heterocycles. The summed E-state index contributed by atoms with van der Waals surface area (Å²) >= 11 is 0. The minimum Gasteiger partial charge on any atom is -0.461 e. The van der Waals surface area contributed by atoms with Crippen molar-refractivity contribution in [2.75, 3.05) is 13.1 Å². The van der Waals surface area contributed by atoms with Gasteiger partial charge in [0.15, 0.2) is 0 Å². The number of likely N-dealkylation sites (tertiary alicyclic amines) is 1. The molecular weight excluding hydrogens is 258 g/mol. The van der Waals surface area contributed by atoms with Crippen LogP contribution in [0.2, 0.25) is 0 Å². The van der Waals surface area contributed by atoms with Gasteiger partial charge in [-0.05, 0) is 5.56 Å².